The van der Waals surface area contributed by atoms with Crippen molar-refractivity contribution in [2.24, 2.45) is 7.05 Å². The molecule has 0 amide bonds. The fraction of sp³-hybridized carbons (Fsp3) is 0.406. The lowest BCUT2D eigenvalue weighted by molar-refractivity contribution is -0.557. The second kappa shape index (κ2) is 8.73. The first-order chi connectivity index (χ1) is 15.9. The third kappa shape index (κ3) is 4.08. The van der Waals surface area contributed by atoms with E-state index in [1.165, 1.54) is 55.9 Å². The third-order valence-corrected chi connectivity index (χ3v) is 7.17. The summed E-state index contributed by atoms with van der Waals surface area (Å²) >= 11 is 0. The summed E-state index contributed by atoms with van der Waals surface area (Å²) < 4.78 is 4.95. The van der Waals surface area contributed by atoms with Crippen molar-refractivity contribution in [3.05, 3.63) is 82.4 Å². The molecule has 34 heavy (non-hydrogen) atoms. The van der Waals surface area contributed by atoms with Crippen LogP contribution in [0, 0.1) is 13.8 Å². The van der Waals surface area contributed by atoms with E-state index in [2.05, 4.69) is 133 Å². The first-order valence-corrected chi connectivity index (χ1v) is 12.7. The molecule has 0 radical (unpaired) electrons. The molecule has 0 aliphatic heterocycles. The minimum atomic E-state index is 0.0907. The Balaban J connectivity index is 2.23. The normalized spacial score (nSPS) is 12.4. The summed E-state index contributed by atoms with van der Waals surface area (Å²) in [5.74, 6) is 2.10. The number of hydrogen-bond acceptors (Lipinski definition) is 0. The van der Waals surface area contributed by atoms with Crippen molar-refractivity contribution in [1.29, 1.82) is 0 Å². The quantitative estimate of drug-likeness (QED) is 0.275. The Kier molecular flexibility index (Phi) is 6.23. The number of fused-ring (bicyclic) bond motifs is 1. The highest BCUT2D eigenvalue weighted by Crippen LogP contribution is 2.35. The molecule has 0 fully saturated rings. The lowest BCUT2D eigenvalue weighted by atomic mass is 9.85. The predicted octanol–water partition coefficient (Wildman–Crippen LogP) is 8.28. The standard InChI is InChI=1S/C32H41N2/c1-20(2)25-12-11-13-26(21(3)4)30(25)34-28-17-14-22(5)18-29(28)33(10)31(34)27-19-24(32(7,8)9)16-15-23(27)6/h11-21H,1-10H3/q+1. The maximum atomic E-state index is 2.55. The third-order valence-electron chi connectivity index (χ3n) is 7.17. The second-order valence-electron chi connectivity index (χ2n) is 11.6. The molecule has 0 saturated carbocycles. The Morgan fingerprint density at radius 3 is 1.97 bits per heavy atom. The highest BCUT2D eigenvalue weighted by atomic mass is 15.2. The van der Waals surface area contributed by atoms with Crippen molar-refractivity contribution in [3.63, 3.8) is 0 Å². The SMILES string of the molecule is Cc1ccc2c(c1)n(C)c(-c1cc(C(C)(C)C)ccc1C)[n+]2-c1c(C(C)C)cccc1C(C)C. The fourth-order valence-corrected chi connectivity index (χ4v) is 5.10. The van der Waals surface area contributed by atoms with Crippen molar-refractivity contribution >= 4 is 11.0 Å². The van der Waals surface area contributed by atoms with Gasteiger partial charge in [-0.1, -0.05) is 84.9 Å². The average molecular weight is 454 g/mol. The van der Waals surface area contributed by atoms with Crippen molar-refractivity contribution in [2.45, 2.75) is 79.6 Å². The van der Waals surface area contributed by atoms with Gasteiger partial charge in [-0.2, -0.15) is 4.57 Å². The van der Waals surface area contributed by atoms with Crippen molar-refractivity contribution in [2.75, 3.05) is 0 Å². The van der Waals surface area contributed by atoms with E-state index in [0.29, 0.717) is 11.8 Å². The number of nitrogens with zero attached hydrogens (tertiary/aromatic N) is 2. The summed E-state index contributed by atoms with van der Waals surface area (Å²) in [6.45, 7) is 20.6. The van der Waals surface area contributed by atoms with Crippen LogP contribution >= 0.6 is 0 Å². The fourth-order valence-electron chi connectivity index (χ4n) is 5.10. The van der Waals surface area contributed by atoms with Gasteiger partial charge in [-0.3, -0.25) is 0 Å². The summed E-state index contributed by atoms with van der Waals surface area (Å²) in [7, 11) is 2.23. The van der Waals surface area contributed by atoms with Gasteiger partial charge in [0.15, 0.2) is 11.0 Å². The van der Waals surface area contributed by atoms with Crippen LogP contribution in [0.2, 0.25) is 0 Å². The van der Waals surface area contributed by atoms with E-state index < -0.39 is 0 Å². The Labute approximate surface area is 206 Å². The van der Waals surface area contributed by atoms with Gasteiger partial charge in [0.1, 0.15) is 5.69 Å². The molecule has 4 aromatic rings. The van der Waals surface area contributed by atoms with Crippen LogP contribution in [-0.4, -0.2) is 4.57 Å². The number of imidazole rings is 1. The van der Waals surface area contributed by atoms with Gasteiger partial charge in [0.2, 0.25) is 0 Å². The molecule has 0 saturated heterocycles. The van der Waals surface area contributed by atoms with E-state index in [0.717, 1.165) is 0 Å². The smallest absolute Gasteiger partial charge is 0.225 e. The first-order valence-electron chi connectivity index (χ1n) is 12.7. The zero-order valence-corrected chi connectivity index (χ0v) is 22.7. The van der Waals surface area contributed by atoms with E-state index in [1.54, 1.807) is 0 Å². The van der Waals surface area contributed by atoms with Gasteiger partial charge in [-0.05, 0) is 66.0 Å². The number of benzene rings is 3. The topological polar surface area (TPSA) is 8.81 Å². The van der Waals surface area contributed by atoms with Crippen LogP contribution in [0.4, 0.5) is 0 Å². The number of rotatable bonds is 4. The number of aryl methyl sites for hydroxylation is 3. The highest BCUT2D eigenvalue weighted by Gasteiger charge is 2.32. The molecule has 1 heterocycles. The molecule has 2 heteroatoms. The molecule has 0 N–H and O–H groups in total. The summed E-state index contributed by atoms with van der Waals surface area (Å²) in [6, 6.07) is 20.7. The summed E-state index contributed by atoms with van der Waals surface area (Å²) in [6.07, 6.45) is 0. The molecule has 0 bridgehead atoms. The molecule has 2 nitrogen and oxygen atoms in total. The monoisotopic (exact) mass is 453 g/mol. The Hall–Kier alpha value is -2.87. The predicted molar refractivity (Wildman–Crippen MR) is 146 cm³/mol. The lowest BCUT2D eigenvalue weighted by Gasteiger charge is -2.21. The van der Waals surface area contributed by atoms with Crippen molar-refractivity contribution < 1.29 is 4.57 Å². The molecule has 0 aliphatic carbocycles. The van der Waals surface area contributed by atoms with Crippen molar-refractivity contribution in [3.8, 4) is 17.1 Å². The number of hydrogen-bond donors (Lipinski definition) is 0. The van der Waals surface area contributed by atoms with E-state index in [9.17, 15) is 0 Å². The number of aromatic nitrogens is 2. The summed E-state index contributed by atoms with van der Waals surface area (Å²) in [5.41, 5.74) is 12.0. The van der Waals surface area contributed by atoms with E-state index in [1.807, 2.05) is 0 Å². The molecule has 0 spiro atoms. The highest BCUT2D eigenvalue weighted by molar-refractivity contribution is 5.79. The van der Waals surface area contributed by atoms with Gasteiger partial charge < -0.3 is 0 Å². The van der Waals surface area contributed by atoms with Gasteiger partial charge in [0, 0.05) is 11.1 Å². The van der Waals surface area contributed by atoms with Crippen molar-refractivity contribution in [1.82, 2.24) is 4.57 Å². The Morgan fingerprint density at radius 1 is 0.794 bits per heavy atom. The lowest BCUT2D eigenvalue weighted by Crippen LogP contribution is -2.36. The molecular formula is C32H41N2+. The summed E-state index contributed by atoms with van der Waals surface area (Å²) in [4.78, 5) is 0. The van der Waals surface area contributed by atoms with E-state index in [-0.39, 0.29) is 5.41 Å². The van der Waals surface area contributed by atoms with Crippen LogP contribution < -0.4 is 4.57 Å². The van der Waals surface area contributed by atoms with Gasteiger partial charge in [-0.25, -0.2) is 4.57 Å². The van der Waals surface area contributed by atoms with Gasteiger partial charge in [0.25, 0.3) is 5.82 Å². The van der Waals surface area contributed by atoms with Crippen LogP contribution in [0.5, 0.6) is 0 Å². The average Bonchev–Trinajstić information content (AvgIpc) is 3.04. The second-order valence-corrected chi connectivity index (χ2v) is 11.6. The van der Waals surface area contributed by atoms with Crippen LogP contribution in [0.1, 0.15) is 88.1 Å². The molecule has 178 valence electrons. The van der Waals surface area contributed by atoms with Crippen LogP contribution in [0.15, 0.2) is 54.6 Å². The van der Waals surface area contributed by atoms with E-state index in [4.69, 9.17) is 0 Å². The molecule has 0 aliphatic rings. The number of para-hydroxylation sites is 1. The maximum absolute atomic E-state index is 2.55. The minimum absolute atomic E-state index is 0.0907. The maximum Gasteiger partial charge on any atom is 0.295 e. The minimum Gasteiger partial charge on any atom is -0.225 e. The zero-order valence-electron chi connectivity index (χ0n) is 22.7. The molecule has 3 aromatic carbocycles. The Morgan fingerprint density at radius 2 is 1.41 bits per heavy atom. The summed E-state index contributed by atoms with van der Waals surface area (Å²) in [5, 5.41) is 0. The van der Waals surface area contributed by atoms with Crippen LogP contribution in [-0.2, 0) is 12.5 Å². The van der Waals surface area contributed by atoms with E-state index >= 15 is 0 Å². The van der Waals surface area contributed by atoms with Gasteiger partial charge >= 0.3 is 0 Å². The van der Waals surface area contributed by atoms with Gasteiger partial charge in [0.05, 0.1) is 12.6 Å². The largest absolute Gasteiger partial charge is 0.295 e. The molecule has 1 aromatic heterocycles. The zero-order chi connectivity index (χ0) is 24.9. The first kappa shape index (κ1) is 24.3. The molecule has 4 rings (SSSR count). The Bertz CT molecular complexity index is 1330. The molecule has 0 atom stereocenters. The molecular weight excluding hydrogens is 412 g/mol. The van der Waals surface area contributed by atoms with Gasteiger partial charge in [-0.15, -0.1) is 0 Å². The van der Waals surface area contributed by atoms with Crippen LogP contribution in [0.3, 0.4) is 0 Å². The molecule has 0 unspecified atom stereocenters. The van der Waals surface area contributed by atoms with Crippen LogP contribution in [0.25, 0.3) is 28.1 Å².